The summed E-state index contributed by atoms with van der Waals surface area (Å²) >= 11 is 0. The predicted octanol–water partition coefficient (Wildman–Crippen LogP) is 3.26. The highest BCUT2D eigenvalue weighted by Crippen LogP contribution is 2.18. The third-order valence-electron chi connectivity index (χ3n) is 3.32. The van der Waals surface area contributed by atoms with Crippen LogP contribution in [0.5, 0.6) is 0 Å². The summed E-state index contributed by atoms with van der Waals surface area (Å²) in [6.45, 7) is 0. The highest BCUT2D eigenvalue weighted by molar-refractivity contribution is 5.93. The first-order chi connectivity index (χ1) is 10.6. The molecule has 3 rings (SSSR count). The molecule has 22 heavy (non-hydrogen) atoms. The van der Waals surface area contributed by atoms with Gasteiger partial charge in [-0.05, 0) is 35.2 Å². The Labute approximate surface area is 125 Å². The molecule has 110 valence electrons. The van der Waals surface area contributed by atoms with Crippen LogP contribution >= 0.6 is 0 Å². The molecule has 0 saturated heterocycles. The number of amides is 1. The Balaban J connectivity index is 1.71. The summed E-state index contributed by atoms with van der Waals surface area (Å²) in [5.74, 6) is -0.213. The number of anilines is 1. The van der Waals surface area contributed by atoms with E-state index in [1.54, 1.807) is 12.1 Å². The van der Waals surface area contributed by atoms with E-state index in [0.29, 0.717) is 5.69 Å². The number of carbonyl (C=O) groups excluding carboxylic acids is 1. The average molecular weight is 295 g/mol. The maximum absolute atomic E-state index is 12.0. The summed E-state index contributed by atoms with van der Waals surface area (Å²) in [5.41, 5.74) is 2.27. The highest BCUT2D eigenvalue weighted by Gasteiger charge is 2.09. The van der Waals surface area contributed by atoms with Crippen LogP contribution in [0.25, 0.3) is 10.9 Å². The number of H-pyrrole nitrogens is 1. The molecular weight excluding hydrogens is 282 g/mol. The van der Waals surface area contributed by atoms with E-state index in [1.807, 2.05) is 30.5 Å². The molecule has 0 aliphatic heterocycles. The number of carbonyl (C=O) groups is 1. The second-order valence-corrected chi connectivity index (χ2v) is 4.93. The van der Waals surface area contributed by atoms with Gasteiger partial charge in [-0.15, -0.1) is 0 Å². The molecule has 0 radical (unpaired) electrons. The lowest BCUT2D eigenvalue weighted by Gasteiger charge is -2.05. The van der Waals surface area contributed by atoms with Gasteiger partial charge >= 0.3 is 0 Å². The van der Waals surface area contributed by atoms with Gasteiger partial charge in [0.05, 0.1) is 11.3 Å². The fraction of sp³-hybridized carbons (Fsp3) is 0.0625. The second kappa shape index (κ2) is 5.69. The monoisotopic (exact) mass is 295 g/mol. The molecule has 0 unspecified atom stereocenters. The number of benzene rings is 2. The molecule has 0 atom stereocenters. The molecule has 1 heterocycles. The standard InChI is InChI=1S/C16H13N3O3/c20-16(18-13-2-1-3-14(10-13)19(21)22)9-11-4-5-15-12(8-11)6-7-17-15/h1-8,10,17H,9H2,(H,18,20). The van der Waals surface area contributed by atoms with Crippen LogP contribution in [0.4, 0.5) is 11.4 Å². The Morgan fingerprint density at radius 3 is 2.86 bits per heavy atom. The maximum Gasteiger partial charge on any atom is 0.271 e. The van der Waals surface area contributed by atoms with Crippen molar-refractivity contribution in [1.29, 1.82) is 0 Å². The van der Waals surface area contributed by atoms with Gasteiger partial charge in [-0.1, -0.05) is 12.1 Å². The molecule has 0 spiro atoms. The summed E-state index contributed by atoms with van der Waals surface area (Å²) in [5, 5.41) is 14.4. The fourth-order valence-corrected chi connectivity index (χ4v) is 2.30. The van der Waals surface area contributed by atoms with Crippen LogP contribution < -0.4 is 5.32 Å². The van der Waals surface area contributed by atoms with Crippen LogP contribution in [0.2, 0.25) is 0 Å². The Kier molecular flexibility index (Phi) is 3.57. The molecular formula is C16H13N3O3. The van der Waals surface area contributed by atoms with E-state index in [4.69, 9.17) is 0 Å². The largest absolute Gasteiger partial charge is 0.361 e. The molecule has 1 amide bonds. The van der Waals surface area contributed by atoms with Crippen molar-refractivity contribution >= 4 is 28.2 Å². The lowest BCUT2D eigenvalue weighted by Crippen LogP contribution is -2.14. The Morgan fingerprint density at radius 1 is 1.18 bits per heavy atom. The molecule has 0 bridgehead atoms. The van der Waals surface area contributed by atoms with Gasteiger partial charge in [0, 0.05) is 29.5 Å². The summed E-state index contributed by atoms with van der Waals surface area (Å²) in [6, 6.07) is 13.6. The number of non-ortho nitro benzene ring substituents is 1. The molecule has 1 aromatic heterocycles. The number of hydrogen-bond donors (Lipinski definition) is 2. The molecule has 3 aromatic rings. The minimum absolute atomic E-state index is 0.0495. The van der Waals surface area contributed by atoms with Crippen LogP contribution in [-0.2, 0) is 11.2 Å². The summed E-state index contributed by atoms with van der Waals surface area (Å²) in [4.78, 5) is 25.4. The first-order valence-corrected chi connectivity index (χ1v) is 6.72. The molecule has 0 saturated carbocycles. The third-order valence-corrected chi connectivity index (χ3v) is 3.32. The van der Waals surface area contributed by atoms with E-state index >= 15 is 0 Å². The van der Waals surface area contributed by atoms with E-state index in [-0.39, 0.29) is 18.0 Å². The fourth-order valence-electron chi connectivity index (χ4n) is 2.30. The third kappa shape index (κ3) is 2.95. The molecule has 0 aliphatic carbocycles. The van der Waals surface area contributed by atoms with Crippen molar-refractivity contribution in [3.05, 3.63) is 70.4 Å². The normalized spacial score (nSPS) is 10.5. The van der Waals surface area contributed by atoms with E-state index in [0.717, 1.165) is 16.5 Å². The van der Waals surface area contributed by atoms with Crippen LogP contribution in [-0.4, -0.2) is 15.8 Å². The van der Waals surface area contributed by atoms with Gasteiger partial charge in [0.2, 0.25) is 5.91 Å². The van der Waals surface area contributed by atoms with Crippen molar-refractivity contribution in [3.63, 3.8) is 0 Å². The number of hydrogen-bond acceptors (Lipinski definition) is 3. The SMILES string of the molecule is O=C(Cc1ccc2[nH]ccc2c1)Nc1cccc([N+](=O)[O-])c1. The molecule has 2 aromatic carbocycles. The topological polar surface area (TPSA) is 88.0 Å². The highest BCUT2D eigenvalue weighted by atomic mass is 16.6. The summed E-state index contributed by atoms with van der Waals surface area (Å²) < 4.78 is 0. The zero-order valence-corrected chi connectivity index (χ0v) is 11.6. The summed E-state index contributed by atoms with van der Waals surface area (Å²) in [7, 11) is 0. The van der Waals surface area contributed by atoms with E-state index in [9.17, 15) is 14.9 Å². The number of rotatable bonds is 4. The maximum atomic E-state index is 12.0. The van der Waals surface area contributed by atoms with Crippen molar-refractivity contribution in [2.45, 2.75) is 6.42 Å². The van der Waals surface area contributed by atoms with Gasteiger partial charge in [0.1, 0.15) is 0 Å². The van der Waals surface area contributed by atoms with E-state index in [2.05, 4.69) is 10.3 Å². The van der Waals surface area contributed by atoms with Crippen molar-refractivity contribution in [2.75, 3.05) is 5.32 Å². The first-order valence-electron chi connectivity index (χ1n) is 6.72. The number of aromatic nitrogens is 1. The number of nitro groups is 1. The summed E-state index contributed by atoms with van der Waals surface area (Å²) in [6.07, 6.45) is 2.06. The van der Waals surface area contributed by atoms with Crippen LogP contribution in [0.3, 0.4) is 0 Å². The van der Waals surface area contributed by atoms with Crippen LogP contribution in [0.1, 0.15) is 5.56 Å². The zero-order valence-electron chi connectivity index (χ0n) is 11.6. The first kappa shape index (κ1) is 13.8. The lowest BCUT2D eigenvalue weighted by molar-refractivity contribution is -0.384. The smallest absolute Gasteiger partial charge is 0.271 e. The number of fused-ring (bicyclic) bond motifs is 1. The molecule has 2 N–H and O–H groups in total. The minimum atomic E-state index is -0.491. The number of nitrogens with zero attached hydrogens (tertiary/aromatic N) is 1. The van der Waals surface area contributed by atoms with E-state index < -0.39 is 4.92 Å². The molecule has 0 fully saturated rings. The minimum Gasteiger partial charge on any atom is -0.361 e. The number of nitrogens with one attached hydrogen (secondary N) is 2. The molecule has 6 nitrogen and oxygen atoms in total. The van der Waals surface area contributed by atoms with Gasteiger partial charge in [0.25, 0.3) is 5.69 Å². The second-order valence-electron chi connectivity index (χ2n) is 4.93. The van der Waals surface area contributed by atoms with Gasteiger partial charge in [-0.25, -0.2) is 0 Å². The Hall–Kier alpha value is -3.15. The van der Waals surface area contributed by atoms with Crippen molar-refractivity contribution < 1.29 is 9.72 Å². The lowest BCUT2D eigenvalue weighted by atomic mass is 10.1. The van der Waals surface area contributed by atoms with Crippen molar-refractivity contribution in [2.24, 2.45) is 0 Å². The number of nitro benzene ring substituents is 1. The van der Waals surface area contributed by atoms with Gasteiger partial charge in [-0.2, -0.15) is 0 Å². The zero-order chi connectivity index (χ0) is 15.5. The van der Waals surface area contributed by atoms with Crippen molar-refractivity contribution in [1.82, 2.24) is 4.98 Å². The van der Waals surface area contributed by atoms with Gasteiger partial charge < -0.3 is 10.3 Å². The average Bonchev–Trinajstić information content (AvgIpc) is 2.95. The van der Waals surface area contributed by atoms with Crippen LogP contribution in [0, 0.1) is 10.1 Å². The van der Waals surface area contributed by atoms with E-state index in [1.165, 1.54) is 12.1 Å². The van der Waals surface area contributed by atoms with Crippen molar-refractivity contribution in [3.8, 4) is 0 Å². The van der Waals surface area contributed by atoms with Gasteiger partial charge in [-0.3, -0.25) is 14.9 Å². The predicted molar refractivity (Wildman–Crippen MR) is 83.7 cm³/mol. The quantitative estimate of drug-likeness (QED) is 0.572. The van der Waals surface area contributed by atoms with Crippen LogP contribution in [0.15, 0.2) is 54.7 Å². The Bertz CT molecular complexity index is 854. The molecule has 0 aliphatic rings. The molecule has 6 heteroatoms. The Morgan fingerprint density at radius 2 is 2.05 bits per heavy atom. The number of aromatic amines is 1. The van der Waals surface area contributed by atoms with Gasteiger partial charge in [0.15, 0.2) is 0 Å².